The van der Waals surface area contributed by atoms with Crippen LogP contribution in [0.5, 0.6) is 11.5 Å². The van der Waals surface area contributed by atoms with Crippen molar-refractivity contribution in [3.63, 3.8) is 0 Å². The number of benzene rings is 4. The Morgan fingerprint density at radius 1 is 0.467 bits per heavy atom. The summed E-state index contributed by atoms with van der Waals surface area (Å²) in [6.07, 6.45) is 0. The molecule has 0 aliphatic rings. The molecule has 4 heterocycles. The van der Waals surface area contributed by atoms with Crippen LogP contribution in [0.15, 0.2) is 163 Å². The van der Waals surface area contributed by atoms with E-state index < -0.39 is 0 Å². The minimum atomic E-state index is 0.574. The lowest BCUT2D eigenvalue weighted by Gasteiger charge is -2.07. The van der Waals surface area contributed by atoms with Gasteiger partial charge in [-0.05, 0) is 95.7 Å². The van der Waals surface area contributed by atoms with Crippen molar-refractivity contribution in [1.82, 2.24) is 0 Å². The predicted molar refractivity (Wildman–Crippen MR) is 182 cm³/mol. The fourth-order valence-corrected chi connectivity index (χ4v) is 6.54. The summed E-state index contributed by atoms with van der Waals surface area (Å²) in [5.41, 5.74) is 6.21. The second kappa shape index (κ2) is 11.9. The minimum absolute atomic E-state index is 0.574. The number of thiophene rings is 2. The molecule has 0 amide bonds. The van der Waals surface area contributed by atoms with Crippen LogP contribution in [-0.2, 0) is 0 Å². The first-order valence-electron chi connectivity index (χ1n) is 14.4. The molecule has 0 atom stereocenters. The Morgan fingerprint density at radius 3 is 1.33 bits per heavy atom. The molecule has 0 fully saturated rings. The van der Waals surface area contributed by atoms with Crippen molar-refractivity contribution in [2.45, 2.75) is 0 Å². The van der Waals surface area contributed by atoms with E-state index in [-0.39, 0.29) is 0 Å². The molecule has 0 radical (unpaired) electrons. The summed E-state index contributed by atoms with van der Waals surface area (Å²) >= 11 is 3.33. The Kier molecular flexibility index (Phi) is 7.15. The molecule has 0 spiro atoms. The van der Waals surface area contributed by atoms with Gasteiger partial charge in [-0.1, -0.05) is 48.5 Å². The molecule has 0 aliphatic heterocycles. The van der Waals surface area contributed by atoms with Gasteiger partial charge in [0.05, 0.1) is 22.5 Å². The van der Waals surface area contributed by atoms with Crippen molar-refractivity contribution in [2.75, 3.05) is 0 Å². The molecule has 4 aromatic heterocycles. The van der Waals surface area contributed by atoms with E-state index in [4.69, 9.17) is 23.6 Å². The monoisotopic (exact) mass is 620 g/mol. The Balaban J connectivity index is 1.06. The van der Waals surface area contributed by atoms with E-state index in [9.17, 15) is 0 Å². The van der Waals surface area contributed by atoms with Gasteiger partial charge in [0.2, 0.25) is 11.1 Å². The van der Waals surface area contributed by atoms with Crippen molar-refractivity contribution >= 4 is 56.0 Å². The van der Waals surface area contributed by atoms with Gasteiger partial charge in [0.15, 0.2) is 0 Å². The van der Waals surface area contributed by atoms with Crippen LogP contribution in [0.1, 0.15) is 0 Å². The Morgan fingerprint density at radius 2 is 0.911 bits per heavy atom. The normalized spacial score (nSPS) is 12.3. The van der Waals surface area contributed by atoms with E-state index in [0.29, 0.717) is 22.6 Å². The van der Waals surface area contributed by atoms with Crippen LogP contribution < -0.4 is 15.8 Å². The fraction of sp³-hybridized carbons (Fsp3) is 0. The molecule has 45 heavy (non-hydrogen) atoms. The molecular weight excluding hydrogens is 597 g/mol. The second-order valence-corrected chi connectivity index (χ2v) is 12.2. The van der Waals surface area contributed by atoms with Gasteiger partial charge in [0, 0.05) is 20.5 Å². The van der Waals surface area contributed by atoms with Crippen molar-refractivity contribution in [1.29, 1.82) is 0 Å². The Labute approximate surface area is 266 Å². The predicted octanol–water partition coefficient (Wildman–Crippen LogP) is 10.9. The molecule has 0 saturated heterocycles. The Bertz CT molecular complexity index is 2220. The van der Waals surface area contributed by atoms with E-state index >= 15 is 0 Å². The highest BCUT2D eigenvalue weighted by molar-refractivity contribution is 7.13. The number of rotatable bonds is 6. The first kappa shape index (κ1) is 27.1. The van der Waals surface area contributed by atoms with E-state index in [2.05, 4.69) is 35.0 Å². The molecule has 0 bridgehead atoms. The van der Waals surface area contributed by atoms with Crippen molar-refractivity contribution in [3.05, 3.63) is 155 Å². The van der Waals surface area contributed by atoms with Crippen LogP contribution in [0, 0.1) is 0 Å². The number of ether oxygens (including phenoxy) is 1. The third-order valence-corrected chi connectivity index (χ3v) is 9.06. The summed E-state index contributed by atoms with van der Waals surface area (Å²) in [5, 5.41) is 6.19. The summed E-state index contributed by atoms with van der Waals surface area (Å²) in [6, 6.07) is 43.8. The number of para-hydroxylation sites is 2. The maximum atomic E-state index is 6.24. The number of fused-ring (bicyclic) bond motifs is 2. The lowest BCUT2D eigenvalue weighted by atomic mass is 10.1. The summed E-state index contributed by atoms with van der Waals surface area (Å²) in [4.78, 5) is 11.9. The molecule has 0 saturated carbocycles. The average molecular weight is 621 g/mol. The molecule has 7 heteroatoms. The molecule has 216 valence electrons. The molecule has 0 N–H and O–H groups in total. The van der Waals surface area contributed by atoms with Gasteiger partial charge in [-0.25, -0.2) is 9.98 Å². The SMILES string of the molecule is c1csc(-c2cc3ccccc3oc2=Nc2ccc(Oc3ccc(N=c4oc5ccccc5cc4-c4cccs4)cc3)cc2)c1. The van der Waals surface area contributed by atoms with E-state index in [1.54, 1.807) is 22.7 Å². The maximum Gasteiger partial charge on any atom is 0.228 e. The van der Waals surface area contributed by atoms with Crippen LogP contribution in [0.4, 0.5) is 11.4 Å². The topological polar surface area (TPSA) is 60.2 Å². The third-order valence-electron chi connectivity index (χ3n) is 7.26. The van der Waals surface area contributed by atoms with Gasteiger partial charge in [-0.2, -0.15) is 0 Å². The summed E-state index contributed by atoms with van der Waals surface area (Å²) in [5.74, 6) is 1.41. The number of hydrogen-bond acceptors (Lipinski definition) is 7. The van der Waals surface area contributed by atoms with Crippen LogP contribution >= 0.6 is 22.7 Å². The maximum absolute atomic E-state index is 6.24. The van der Waals surface area contributed by atoms with E-state index in [0.717, 1.165) is 54.2 Å². The minimum Gasteiger partial charge on any atom is -0.457 e. The van der Waals surface area contributed by atoms with Gasteiger partial charge in [0.1, 0.15) is 22.7 Å². The van der Waals surface area contributed by atoms with E-state index in [1.807, 2.05) is 109 Å². The number of hydrogen-bond donors (Lipinski definition) is 0. The Hall–Kier alpha value is -5.50. The molecule has 0 aliphatic carbocycles. The van der Waals surface area contributed by atoms with Crippen molar-refractivity contribution in [2.24, 2.45) is 9.98 Å². The van der Waals surface area contributed by atoms with Crippen LogP contribution in [0.25, 0.3) is 42.8 Å². The average Bonchev–Trinajstić information content (AvgIpc) is 3.82. The number of nitrogens with zero attached hydrogens (tertiary/aromatic N) is 2. The van der Waals surface area contributed by atoms with Crippen LogP contribution in [0.3, 0.4) is 0 Å². The quantitative estimate of drug-likeness (QED) is 0.186. The van der Waals surface area contributed by atoms with Gasteiger partial charge >= 0.3 is 0 Å². The highest BCUT2D eigenvalue weighted by atomic mass is 32.1. The molecule has 4 aromatic carbocycles. The zero-order valence-corrected chi connectivity index (χ0v) is 25.4. The van der Waals surface area contributed by atoms with E-state index in [1.165, 1.54) is 0 Å². The molecule has 0 unspecified atom stereocenters. The zero-order chi connectivity index (χ0) is 30.0. The molecule has 5 nitrogen and oxygen atoms in total. The third kappa shape index (κ3) is 5.74. The zero-order valence-electron chi connectivity index (χ0n) is 23.8. The van der Waals surface area contributed by atoms with Gasteiger partial charge < -0.3 is 13.6 Å². The lowest BCUT2D eigenvalue weighted by molar-refractivity contribution is 0.482. The smallest absolute Gasteiger partial charge is 0.228 e. The standard InChI is InChI=1S/C38H24N2O3S2/c1-3-9-33-25(7-1)23-31(35-11-5-21-44-35)37(42-33)39-27-13-17-29(18-14-27)41-30-19-15-28(16-20-30)40-38-32(36-12-6-22-45-36)24-26-8-2-4-10-34(26)43-38/h1-24H. The van der Waals surface area contributed by atoms with Crippen molar-refractivity contribution < 1.29 is 13.6 Å². The van der Waals surface area contributed by atoms with Gasteiger partial charge in [-0.3, -0.25) is 0 Å². The van der Waals surface area contributed by atoms with Crippen LogP contribution in [0.2, 0.25) is 0 Å². The summed E-state index contributed by atoms with van der Waals surface area (Å²) in [7, 11) is 0. The first-order valence-corrected chi connectivity index (χ1v) is 16.1. The molecule has 8 rings (SSSR count). The molecule has 8 aromatic rings. The summed E-state index contributed by atoms with van der Waals surface area (Å²) < 4.78 is 18.6. The molecular formula is C38H24N2O3S2. The second-order valence-electron chi connectivity index (χ2n) is 10.3. The van der Waals surface area contributed by atoms with Gasteiger partial charge in [0.25, 0.3) is 0 Å². The highest BCUT2D eigenvalue weighted by Crippen LogP contribution is 2.29. The fourth-order valence-electron chi connectivity index (χ4n) is 5.07. The van der Waals surface area contributed by atoms with Crippen LogP contribution in [-0.4, -0.2) is 0 Å². The highest BCUT2D eigenvalue weighted by Gasteiger charge is 2.10. The summed E-state index contributed by atoms with van der Waals surface area (Å²) in [6.45, 7) is 0. The van der Waals surface area contributed by atoms with Gasteiger partial charge in [-0.15, -0.1) is 22.7 Å². The lowest BCUT2D eigenvalue weighted by Crippen LogP contribution is -2.04. The van der Waals surface area contributed by atoms with Crippen molar-refractivity contribution in [3.8, 4) is 32.4 Å². The largest absolute Gasteiger partial charge is 0.457 e. The first-order chi connectivity index (χ1) is 22.2.